The van der Waals surface area contributed by atoms with Crippen LogP contribution in [0.4, 0.5) is 0 Å². The molecule has 0 amide bonds. The van der Waals surface area contributed by atoms with Crippen LogP contribution < -0.4 is 10.1 Å². The van der Waals surface area contributed by atoms with Gasteiger partial charge >= 0.3 is 0 Å². The topological polar surface area (TPSA) is 56.3 Å². The fourth-order valence-electron chi connectivity index (χ4n) is 1.20. The van der Waals surface area contributed by atoms with Gasteiger partial charge in [0.15, 0.2) is 0 Å². The van der Waals surface area contributed by atoms with E-state index in [-0.39, 0.29) is 6.10 Å². The van der Waals surface area contributed by atoms with Crippen LogP contribution in [0, 0.1) is 0 Å². The second kappa shape index (κ2) is 7.14. The lowest BCUT2D eigenvalue weighted by Gasteiger charge is -2.13. The Balaban J connectivity index is 2.41. The van der Waals surface area contributed by atoms with E-state index in [0.29, 0.717) is 25.6 Å². The highest BCUT2D eigenvalue weighted by atomic mass is 16.5. The van der Waals surface area contributed by atoms with E-state index in [1.165, 1.54) is 0 Å². The van der Waals surface area contributed by atoms with Gasteiger partial charge in [0.25, 0.3) is 0 Å². The highest BCUT2D eigenvalue weighted by molar-refractivity contribution is 5.07. The largest absolute Gasteiger partial charge is 0.471 e. The molecule has 5 nitrogen and oxygen atoms in total. The molecule has 1 heterocycles. The standard InChI is InChI=1S/C11H19N3O2/c1-4-15-8-9(2)16-11-7-13-10(5-12-3)6-14-11/h6-7,9,12H,4-5,8H2,1-3H3. The first-order chi connectivity index (χ1) is 7.76. The summed E-state index contributed by atoms with van der Waals surface area (Å²) in [5.41, 5.74) is 0.896. The first-order valence-electron chi connectivity index (χ1n) is 5.46. The molecule has 0 saturated carbocycles. The van der Waals surface area contributed by atoms with Gasteiger partial charge in [0.2, 0.25) is 5.88 Å². The van der Waals surface area contributed by atoms with Crippen molar-refractivity contribution in [1.82, 2.24) is 15.3 Å². The van der Waals surface area contributed by atoms with E-state index in [0.717, 1.165) is 5.69 Å². The summed E-state index contributed by atoms with van der Waals surface area (Å²) in [6.45, 7) is 5.87. The summed E-state index contributed by atoms with van der Waals surface area (Å²) in [4.78, 5) is 8.38. The van der Waals surface area contributed by atoms with Crippen LogP contribution >= 0.6 is 0 Å². The Kier molecular flexibility index (Phi) is 5.74. The van der Waals surface area contributed by atoms with Gasteiger partial charge in [-0.15, -0.1) is 0 Å². The van der Waals surface area contributed by atoms with E-state index >= 15 is 0 Å². The summed E-state index contributed by atoms with van der Waals surface area (Å²) in [6, 6.07) is 0. The lowest BCUT2D eigenvalue weighted by molar-refractivity contribution is 0.0631. The fourth-order valence-corrected chi connectivity index (χ4v) is 1.20. The summed E-state index contributed by atoms with van der Waals surface area (Å²) in [6.07, 6.45) is 3.33. The van der Waals surface area contributed by atoms with Crippen molar-refractivity contribution in [3.8, 4) is 5.88 Å². The third-order valence-electron chi connectivity index (χ3n) is 1.92. The number of nitrogens with one attached hydrogen (secondary N) is 1. The number of ether oxygens (including phenoxy) is 2. The van der Waals surface area contributed by atoms with Crippen molar-refractivity contribution in [1.29, 1.82) is 0 Å². The Morgan fingerprint density at radius 3 is 2.75 bits per heavy atom. The molecule has 1 rings (SSSR count). The minimum atomic E-state index is -0.00981. The van der Waals surface area contributed by atoms with Crippen LogP contribution in [0.1, 0.15) is 19.5 Å². The monoisotopic (exact) mass is 225 g/mol. The molecule has 0 fully saturated rings. The first kappa shape index (κ1) is 12.9. The molecule has 0 aromatic carbocycles. The molecule has 0 aliphatic rings. The van der Waals surface area contributed by atoms with E-state index in [1.807, 2.05) is 20.9 Å². The number of rotatable bonds is 7. The van der Waals surface area contributed by atoms with Gasteiger partial charge in [-0.1, -0.05) is 0 Å². The number of hydrogen-bond donors (Lipinski definition) is 1. The van der Waals surface area contributed by atoms with Gasteiger partial charge in [-0.2, -0.15) is 0 Å². The third kappa shape index (κ3) is 4.55. The normalized spacial score (nSPS) is 12.4. The molecule has 0 aliphatic heterocycles. The molecule has 0 aliphatic carbocycles. The maximum Gasteiger partial charge on any atom is 0.232 e. The maximum absolute atomic E-state index is 5.53. The fraction of sp³-hybridized carbons (Fsp3) is 0.636. The van der Waals surface area contributed by atoms with E-state index in [9.17, 15) is 0 Å². The number of aromatic nitrogens is 2. The predicted molar refractivity (Wildman–Crippen MR) is 61.4 cm³/mol. The SMILES string of the molecule is CCOCC(C)Oc1cnc(CNC)cn1. The zero-order chi connectivity index (χ0) is 11.8. The molecule has 0 bridgehead atoms. The Hall–Kier alpha value is -1.20. The number of hydrogen-bond acceptors (Lipinski definition) is 5. The Morgan fingerprint density at radius 2 is 2.19 bits per heavy atom. The van der Waals surface area contributed by atoms with Crippen LogP contribution in [0.5, 0.6) is 5.88 Å². The summed E-state index contributed by atoms with van der Waals surface area (Å²) >= 11 is 0. The summed E-state index contributed by atoms with van der Waals surface area (Å²) in [7, 11) is 1.87. The zero-order valence-corrected chi connectivity index (χ0v) is 10.1. The quantitative estimate of drug-likeness (QED) is 0.750. The van der Waals surface area contributed by atoms with E-state index in [4.69, 9.17) is 9.47 Å². The predicted octanol–water partition coefficient (Wildman–Crippen LogP) is 1.000. The molecular formula is C11H19N3O2. The van der Waals surface area contributed by atoms with Crippen molar-refractivity contribution in [3.63, 3.8) is 0 Å². The molecule has 1 N–H and O–H groups in total. The summed E-state index contributed by atoms with van der Waals surface area (Å²) in [5.74, 6) is 0.534. The molecule has 1 aromatic rings. The Morgan fingerprint density at radius 1 is 1.38 bits per heavy atom. The van der Waals surface area contributed by atoms with Crippen molar-refractivity contribution in [2.75, 3.05) is 20.3 Å². The van der Waals surface area contributed by atoms with Crippen molar-refractivity contribution in [3.05, 3.63) is 18.1 Å². The highest BCUT2D eigenvalue weighted by Crippen LogP contribution is 2.06. The zero-order valence-electron chi connectivity index (χ0n) is 10.1. The van der Waals surface area contributed by atoms with Gasteiger partial charge in [0.1, 0.15) is 6.10 Å². The maximum atomic E-state index is 5.53. The molecule has 16 heavy (non-hydrogen) atoms. The van der Waals surface area contributed by atoms with Crippen LogP contribution in [0.25, 0.3) is 0 Å². The van der Waals surface area contributed by atoms with Gasteiger partial charge in [0.05, 0.1) is 24.7 Å². The smallest absolute Gasteiger partial charge is 0.232 e. The minimum Gasteiger partial charge on any atom is -0.471 e. The molecule has 90 valence electrons. The Bertz CT molecular complexity index is 290. The van der Waals surface area contributed by atoms with Crippen molar-refractivity contribution in [2.45, 2.75) is 26.5 Å². The van der Waals surface area contributed by atoms with Crippen LogP contribution in [-0.2, 0) is 11.3 Å². The lowest BCUT2D eigenvalue weighted by atomic mass is 10.4. The van der Waals surface area contributed by atoms with E-state index in [1.54, 1.807) is 12.4 Å². The molecule has 1 aromatic heterocycles. The second-order valence-corrected chi connectivity index (χ2v) is 3.46. The van der Waals surface area contributed by atoms with Crippen molar-refractivity contribution >= 4 is 0 Å². The van der Waals surface area contributed by atoms with Crippen LogP contribution in [-0.4, -0.2) is 36.3 Å². The Labute approximate surface area is 96.2 Å². The average molecular weight is 225 g/mol. The summed E-state index contributed by atoms with van der Waals surface area (Å²) < 4.78 is 10.8. The van der Waals surface area contributed by atoms with Crippen molar-refractivity contribution in [2.24, 2.45) is 0 Å². The van der Waals surface area contributed by atoms with Gasteiger partial charge in [-0.05, 0) is 20.9 Å². The molecule has 1 unspecified atom stereocenters. The van der Waals surface area contributed by atoms with E-state index < -0.39 is 0 Å². The second-order valence-electron chi connectivity index (χ2n) is 3.46. The van der Waals surface area contributed by atoms with Gasteiger partial charge in [-0.25, -0.2) is 4.98 Å². The van der Waals surface area contributed by atoms with Gasteiger partial charge in [-0.3, -0.25) is 4.98 Å². The van der Waals surface area contributed by atoms with Gasteiger partial charge < -0.3 is 14.8 Å². The van der Waals surface area contributed by atoms with Crippen LogP contribution in [0.15, 0.2) is 12.4 Å². The van der Waals surface area contributed by atoms with Crippen LogP contribution in [0.2, 0.25) is 0 Å². The molecule has 0 saturated heterocycles. The summed E-state index contributed by atoms with van der Waals surface area (Å²) in [5, 5.41) is 3.01. The lowest BCUT2D eigenvalue weighted by Crippen LogP contribution is -2.19. The molecular weight excluding hydrogens is 206 g/mol. The molecule has 0 radical (unpaired) electrons. The minimum absolute atomic E-state index is 0.00981. The highest BCUT2D eigenvalue weighted by Gasteiger charge is 2.05. The van der Waals surface area contributed by atoms with E-state index in [2.05, 4.69) is 15.3 Å². The van der Waals surface area contributed by atoms with Crippen molar-refractivity contribution < 1.29 is 9.47 Å². The number of nitrogens with zero attached hydrogens (tertiary/aromatic N) is 2. The van der Waals surface area contributed by atoms with Crippen LogP contribution in [0.3, 0.4) is 0 Å². The average Bonchev–Trinajstić information content (AvgIpc) is 2.29. The molecule has 1 atom stereocenters. The molecule has 0 spiro atoms. The molecule has 5 heteroatoms. The van der Waals surface area contributed by atoms with Gasteiger partial charge in [0, 0.05) is 13.2 Å². The first-order valence-corrected chi connectivity index (χ1v) is 5.46. The third-order valence-corrected chi connectivity index (χ3v) is 1.92.